The SMILES string of the molecule is Cc1csc(NN=Cc2c(F)ccc(C#N)c2F)n1. The minimum Gasteiger partial charge on any atom is -0.253 e. The van der Waals surface area contributed by atoms with E-state index in [1.54, 1.807) is 6.07 Å². The zero-order valence-electron chi connectivity index (χ0n) is 9.82. The van der Waals surface area contributed by atoms with Crippen LogP contribution in [0, 0.1) is 29.9 Å². The van der Waals surface area contributed by atoms with Crippen LogP contribution >= 0.6 is 11.3 Å². The lowest BCUT2D eigenvalue weighted by atomic mass is 10.1. The van der Waals surface area contributed by atoms with Gasteiger partial charge in [0.05, 0.1) is 23.0 Å². The van der Waals surface area contributed by atoms with Crippen molar-refractivity contribution in [3.63, 3.8) is 0 Å². The van der Waals surface area contributed by atoms with Gasteiger partial charge in [-0.3, -0.25) is 5.43 Å². The minimum absolute atomic E-state index is 0.229. The number of aryl methyl sites for hydroxylation is 1. The number of halogens is 2. The van der Waals surface area contributed by atoms with E-state index < -0.39 is 11.6 Å². The highest BCUT2D eigenvalue weighted by Crippen LogP contribution is 2.16. The predicted octanol–water partition coefficient (Wildman–Crippen LogP) is 3.05. The average molecular weight is 278 g/mol. The van der Waals surface area contributed by atoms with Crippen molar-refractivity contribution in [2.75, 3.05) is 5.43 Å². The monoisotopic (exact) mass is 278 g/mol. The lowest BCUT2D eigenvalue weighted by Crippen LogP contribution is -1.99. The highest BCUT2D eigenvalue weighted by molar-refractivity contribution is 7.13. The first-order valence-corrected chi connectivity index (χ1v) is 6.09. The van der Waals surface area contributed by atoms with Crippen molar-refractivity contribution in [3.05, 3.63) is 46.0 Å². The van der Waals surface area contributed by atoms with Crippen molar-refractivity contribution in [3.8, 4) is 6.07 Å². The molecule has 1 heterocycles. The summed E-state index contributed by atoms with van der Waals surface area (Å²) in [5, 5.41) is 14.7. The third kappa shape index (κ3) is 2.92. The number of aromatic nitrogens is 1. The molecular weight excluding hydrogens is 270 g/mol. The number of hydrogen-bond donors (Lipinski definition) is 1. The van der Waals surface area contributed by atoms with Gasteiger partial charge in [-0.05, 0) is 19.1 Å². The normalized spacial score (nSPS) is 10.6. The van der Waals surface area contributed by atoms with Crippen molar-refractivity contribution in [1.82, 2.24) is 4.98 Å². The molecule has 96 valence electrons. The second kappa shape index (κ2) is 5.54. The third-order valence-corrected chi connectivity index (χ3v) is 3.08. The Bertz CT molecular complexity index is 673. The quantitative estimate of drug-likeness (QED) is 0.693. The first kappa shape index (κ1) is 13.1. The molecule has 1 N–H and O–H groups in total. The predicted molar refractivity (Wildman–Crippen MR) is 69.1 cm³/mol. The van der Waals surface area contributed by atoms with Crippen molar-refractivity contribution in [2.45, 2.75) is 6.92 Å². The molecule has 0 aliphatic rings. The summed E-state index contributed by atoms with van der Waals surface area (Å²) in [6.07, 6.45) is 0.988. The second-order valence-corrected chi connectivity index (χ2v) is 4.46. The Morgan fingerprint density at radius 1 is 1.47 bits per heavy atom. The summed E-state index contributed by atoms with van der Waals surface area (Å²) in [4.78, 5) is 4.07. The van der Waals surface area contributed by atoms with E-state index in [-0.39, 0.29) is 11.1 Å². The van der Waals surface area contributed by atoms with Gasteiger partial charge in [-0.15, -0.1) is 11.3 Å². The minimum atomic E-state index is -0.927. The van der Waals surface area contributed by atoms with Gasteiger partial charge in [-0.2, -0.15) is 10.4 Å². The topological polar surface area (TPSA) is 61.1 Å². The third-order valence-electron chi connectivity index (χ3n) is 2.22. The van der Waals surface area contributed by atoms with Crippen molar-refractivity contribution in [1.29, 1.82) is 5.26 Å². The number of anilines is 1. The number of hydrazone groups is 1. The van der Waals surface area contributed by atoms with Crippen LogP contribution in [0.15, 0.2) is 22.6 Å². The summed E-state index contributed by atoms with van der Waals surface area (Å²) >= 11 is 1.32. The lowest BCUT2D eigenvalue weighted by Gasteiger charge is -2.00. The number of thiazole rings is 1. The Morgan fingerprint density at radius 3 is 2.89 bits per heavy atom. The molecule has 0 atom stereocenters. The van der Waals surface area contributed by atoms with E-state index in [1.165, 1.54) is 11.3 Å². The molecular formula is C12H8F2N4S. The van der Waals surface area contributed by atoms with Crippen LogP contribution in [-0.4, -0.2) is 11.2 Å². The Labute approximate surface area is 112 Å². The van der Waals surface area contributed by atoms with Crippen molar-refractivity contribution < 1.29 is 8.78 Å². The Kier molecular flexibility index (Phi) is 3.82. The fourth-order valence-corrected chi connectivity index (χ4v) is 1.97. The first-order valence-electron chi connectivity index (χ1n) is 5.21. The van der Waals surface area contributed by atoms with Gasteiger partial charge in [0.15, 0.2) is 5.82 Å². The largest absolute Gasteiger partial charge is 0.253 e. The fourth-order valence-electron chi connectivity index (χ4n) is 1.33. The van der Waals surface area contributed by atoms with E-state index in [0.717, 1.165) is 24.0 Å². The van der Waals surface area contributed by atoms with Gasteiger partial charge in [0.2, 0.25) is 5.13 Å². The van der Waals surface area contributed by atoms with Gasteiger partial charge in [0.1, 0.15) is 11.9 Å². The molecule has 7 heteroatoms. The molecule has 0 bridgehead atoms. The number of benzene rings is 1. The molecule has 0 amide bonds. The van der Waals surface area contributed by atoms with E-state index >= 15 is 0 Å². The molecule has 4 nitrogen and oxygen atoms in total. The van der Waals surface area contributed by atoms with Crippen LogP contribution < -0.4 is 5.43 Å². The van der Waals surface area contributed by atoms with Crippen LogP contribution in [0.4, 0.5) is 13.9 Å². The molecule has 1 aromatic carbocycles. The van der Waals surface area contributed by atoms with Crippen LogP contribution in [0.2, 0.25) is 0 Å². The molecule has 0 spiro atoms. The molecule has 19 heavy (non-hydrogen) atoms. The lowest BCUT2D eigenvalue weighted by molar-refractivity contribution is 0.577. The molecule has 0 unspecified atom stereocenters. The zero-order valence-corrected chi connectivity index (χ0v) is 10.6. The van der Waals surface area contributed by atoms with Crippen molar-refractivity contribution >= 4 is 22.7 Å². The van der Waals surface area contributed by atoms with Gasteiger partial charge < -0.3 is 0 Å². The molecule has 0 saturated heterocycles. The van der Waals surface area contributed by atoms with Gasteiger partial charge in [-0.25, -0.2) is 13.8 Å². The van der Waals surface area contributed by atoms with Gasteiger partial charge >= 0.3 is 0 Å². The van der Waals surface area contributed by atoms with Crippen LogP contribution in [0.3, 0.4) is 0 Å². The molecule has 0 radical (unpaired) electrons. The molecule has 0 fully saturated rings. The summed E-state index contributed by atoms with van der Waals surface area (Å²) in [6.45, 7) is 1.82. The van der Waals surface area contributed by atoms with Gasteiger partial charge in [0, 0.05) is 5.38 Å². The molecule has 0 aliphatic carbocycles. The van der Waals surface area contributed by atoms with Crippen molar-refractivity contribution in [2.24, 2.45) is 5.10 Å². The average Bonchev–Trinajstić information content (AvgIpc) is 2.79. The van der Waals surface area contributed by atoms with Crippen LogP contribution in [-0.2, 0) is 0 Å². The maximum absolute atomic E-state index is 13.7. The number of nitrogens with zero attached hydrogens (tertiary/aromatic N) is 3. The summed E-state index contributed by atoms with van der Waals surface area (Å²) < 4.78 is 27.1. The molecule has 0 saturated carbocycles. The van der Waals surface area contributed by atoms with Gasteiger partial charge in [0.25, 0.3) is 0 Å². The summed E-state index contributed by atoms with van der Waals surface area (Å²) in [7, 11) is 0. The Balaban J connectivity index is 2.21. The van der Waals surface area contributed by atoms with Crippen LogP contribution in [0.5, 0.6) is 0 Å². The zero-order chi connectivity index (χ0) is 13.8. The van der Waals surface area contributed by atoms with E-state index in [4.69, 9.17) is 5.26 Å². The smallest absolute Gasteiger partial charge is 0.203 e. The maximum Gasteiger partial charge on any atom is 0.203 e. The Morgan fingerprint density at radius 2 is 2.26 bits per heavy atom. The molecule has 2 rings (SSSR count). The number of rotatable bonds is 3. The number of hydrogen-bond acceptors (Lipinski definition) is 5. The standard InChI is InChI=1S/C12H8F2N4S/c1-7-6-19-12(17-7)18-16-5-9-10(13)3-2-8(4-15)11(9)14/h2-3,5-6H,1H3,(H,17,18). The summed E-state index contributed by atoms with van der Waals surface area (Å²) in [6, 6.07) is 3.75. The van der Waals surface area contributed by atoms with Crippen LogP contribution in [0.1, 0.15) is 16.8 Å². The molecule has 0 aliphatic heterocycles. The number of nitrogens with one attached hydrogen (secondary N) is 1. The first-order chi connectivity index (χ1) is 9.11. The summed E-state index contributed by atoms with van der Waals surface area (Å²) in [5.74, 6) is -1.71. The van der Waals surface area contributed by atoms with Crippen LogP contribution in [0.25, 0.3) is 0 Å². The number of nitriles is 1. The van der Waals surface area contributed by atoms with E-state index in [2.05, 4.69) is 15.5 Å². The van der Waals surface area contributed by atoms with E-state index in [1.807, 2.05) is 12.3 Å². The maximum atomic E-state index is 13.7. The molecule has 2 aromatic rings. The highest BCUT2D eigenvalue weighted by Gasteiger charge is 2.11. The molecule has 1 aromatic heterocycles. The second-order valence-electron chi connectivity index (χ2n) is 3.60. The van der Waals surface area contributed by atoms with Gasteiger partial charge in [-0.1, -0.05) is 0 Å². The summed E-state index contributed by atoms with van der Waals surface area (Å²) in [5.41, 5.74) is 2.80. The fraction of sp³-hybridized carbons (Fsp3) is 0.0833. The van der Waals surface area contributed by atoms with E-state index in [9.17, 15) is 8.78 Å². The highest BCUT2D eigenvalue weighted by atomic mass is 32.1. The van der Waals surface area contributed by atoms with E-state index in [0.29, 0.717) is 5.13 Å². The Hall–Kier alpha value is -2.33.